The molecule has 3 aromatic rings. The highest BCUT2D eigenvalue weighted by molar-refractivity contribution is 8.26. The van der Waals surface area contributed by atoms with Crippen LogP contribution in [0.4, 0.5) is 0 Å². The van der Waals surface area contributed by atoms with Gasteiger partial charge in [-0.3, -0.25) is 9.69 Å². The van der Waals surface area contributed by atoms with Crippen molar-refractivity contribution in [3.8, 4) is 5.75 Å². The van der Waals surface area contributed by atoms with Crippen molar-refractivity contribution in [3.63, 3.8) is 0 Å². The van der Waals surface area contributed by atoms with Crippen LogP contribution in [0.3, 0.4) is 0 Å². The first kappa shape index (κ1) is 27.2. The first-order chi connectivity index (χ1) is 17.9. The van der Waals surface area contributed by atoms with Gasteiger partial charge in [-0.25, -0.2) is 4.79 Å². The Balaban J connectivity index is 1.49. The molecular formula is C28H23Cl2NO4S2. The zero-order valence-electron chi connectivity index (χ0n) is 19.9. The number of carbonyl (C=O) groups excluding carboxylic acids is 2. The molecule has 1 saturated heterocycles. The molecule has 0 aliphatic carbocycles. The molecule has 0 bridgehead atoms. The molecule has 1 fully saturated rings. The van der Waals surface area contributed by atoms with Gasteiger partial charge in [-0.15, -0.1) is 0 Å². The fourth-order valence-corrected chi connectivity index (χ4v) is 5.40. The van der Waals surface area contributed by atoms with Crippen molar-refractivity contribution in [3.05, 3.63) is 104 Å². The van der Waals surface area contributed by atoms with Gasteiger partial charge in [0, 0.05) is 15.6 Å². The summed E-state index contributed by atoms with van der Waals surface area (Å²) in [6, 6.07) is 20.7. The van der Waals surface area contributed by atoms with Crippen molar-refractivity contribution in [1.29, 1.82) is 0 Å². The molecule has 0 spiro atoms. The highest BCUT2D eigenvalue weighted by Gasteiger charge is 2.42. The number of benzene rings is 3. The van der Waals surface area contributed by atoms with E-state index >= 15 is 0 Å². The third-order valence-corrected chi connectivity index (χ3v) is 7.37. The van der Waals surface area contributed by atoms with Crippen LogP contribution in [0.15, 0.2) is 77.7 Å². The first-order valence-electron chi connectivity index (χ1n) is 11.5. The Hall–Kier alpha value is -2.84. The number of halogens is 2. The summed E-state index contributed by atoms with van der Waals surface area (Å²) in [5.74, 6) is -0.193. The van der Waals surface area contributed by atoms with Crippen LogP contribution in [0.1, 0.15) is 36.1 Å². The number of thiocarbonyl (C=S) groups is 1. The topological polar surface area (TPSA) is 55.8 Å². The molecule has 1 aliphatic heterocycles. The van der Waals surface area contributed by atoms with Gasteiger partial charge in [0.1, 0.15) is 16.7 Å². The summed E-state index contributed by atoms with van der Waals surface area (Å²) in [6.45, 7) is 2.48. The van der Waals surface area contributed by atoms with Crippen LogP contribution in [0.25, 0.3) is 6.08 Å². The average Bonchev–Trinajstić information content (AvgIpc) is 3.16. The molecule has 0 radical (unpaired) electrons. The van der Waals surface area contributed by atoms with Crippen molar-refractivity contribution in [1.82, 2.24) is 4.90 Å². The number of ether oxygens (including phenoxy) is 2. The Bertz CT molecular complexity index is 1330. The fourth-order valence-electron chi connectivity index (χ4n) is 3.62. The number of hydrogen-bond acceptors (Lipinski definition) is 6. The van der Waals surface area contributed by atoms with E-state index in [1.807, 2.05) is 55.5 Å². The van der Waals surface area contributed by atoms with Crippen molar-refractivity contribution >= 4 is 69.5 Å². The fraction of sp³-hybridized carbons (Fsp3) is 0.179. The smallest absolute Gasteiger partial charge is 0.333 e. The summed E-state index contributed by atoms with van der Waals surface area (Å²) < 4.78 is 11.5. The Morgan fingerprint density at radius 3 is 2.49 bits per heavy atom. The molecule has 190 valence electrons. The van der Waals surface area contributed by atoms with Crippen LogP contribution in [0.2, 0.25) is 10.0 Å². The lowest BCUT2D eigenvalue weighted by Crippen LogP contribution is -2.38. The lowest BCUT2D eigenvalue weighted by molar-refractivity contribution is -0.151. The van der Waals surface area contributed by atoms with E-state index in [9.17, 15) is 9.59 Å². The second-order valence-corrected chi connectivity index (χ2v) is 10.6. The van der Waals surface area contributed by atoms with Gasteiger partial charge in [-0.2, -0.15) is 0 Å². The van der Waals surface area contributed by atoms with E-state index < -0.39 is 12.0 Å². The SMILES string of the molecule is CCCOC(=O)C(c1ccccc1)N1C(=O)/C(=C/c2ccc(OCc3ccc(Cl)cc3Cl)cc2)SC1=S. The molecule has 1 amide bonds. The van der Waals surface area contributed by atoms with Crippen molar-refractivity contribution in [2.45, 2.75) is 26.0 Å². The number of carbonyl (C=O) groups is 2. The molecule has 1 unspecified atom stereocenters. The molecule has 4 rings (SSSR count). The molecule has 1 aliphatic rings. The first-order valence-corrected chi connectivity index (χ1v) is 13.5. The van der Waals surface area contributed by atoms with Crippen molar-refractivity contribution < 1.29 is 19.1 Å². The van der Waals surface area contributed by atoms with Gasteiger partial charge in [-0.1, -0.05) is 103 Å². The van der Waals surface area contributed by atoms with Gasteiger partial charge in [0.2, 0.25) is 0 Å². The van der Waals surface area contributed by atoms with Gasteiger partial charge in [0.25, 0.3) is 5.91 Å². The molecule has 3 aromatic carbocycles. The number of amides is 1. The van der Waals surface area contributed by atoms with Gasteiger partial charge in [0.15, 0.2) is 6.04 Å². The molecular weight excluding hydrogens is 549 g/mol. The van der Waals surface area contributed by atoms with E-state index in [1.165, 1.54) is 4.90 Å². The Labute approximate surface area is 235 Å². The summed E-state index contributed by atoms with van der Waals surface area (Å²) in [6.07, 6.45) is 2.43. The Kier molecular flexibility index (Phi) is 9.27. The highest BCUT2D eigenvalue weighted by atomic mass is 35.5. The van der Waals surface area contributed by atoms with Gasteiger partial charge >= 0.3 is 5.97 Å². The number of hydrogen-bond donors (Lipinski definition) is 0. The second kappa shape index (κ2) is 12.6. The molecule has 9 heteroatoms. The van der Waals surface area contributed by atoms with Gasteiger partial charge in [-0.05, 0) is 47.9 Å². The second-order valence-electron chi connectivity index (χ2n) is 8.13. The minimum Gasteiger partial charge on any atom is -0.489 e. The highest BCUT2D eigenvalue weighted by Crippen LogP contribution is 2.39. The molecule has 0 N–H and O–H groups in total. The van der Waals surface area contributed by atoms with E-state index in [0.717, 1.165) is 22.9 Å². The van der Waals surface area contributed by atoms with Crippen LogP contribution in [-0.4, -0.2) is 27.7 Å². The van der Waals surface area contributed by atoms with Crippen LogP contribution >= 0.6 is 47.2 Å². The van der Waals surface area contributed by atoms with E-state index in [1.54, 1.807) is 30.3 Å². The third-order valence-electron chi connectivity index (χ3n) is 5.46. The maximum Gasteiger partial charge on any atom is 0.333 e. The third kappa shape index (κ3) is 6.73. The van der Waals surface area contributed by atoms with E-state index in [0.29, 0.717) is 43.6 Å². The van der Waals surface area contributed by atoms with E-state index in [4.69, 9.17) is 44.9 Å². The Morgan fingerprint density at radius 2 is 1.81 bits per heavy atom. The van der Waals surface area contributed by atoms with Crippen LogP contribution in [0.5, 0.6) is 5.75 Å². The average molecular weight is 573 g/mol. The number of nitrogens with zero attached hydrogens (tertiary/aromatic N) is 1. The van der Waals surface area contributed by atoms with Crippen molar-refractivity contribution in [2.75, 3.05) is 6.61 Å². The Morgan fingerprint density at radius 1 is 1.08 bits per heavy atom. The largest absolute Gasteiger partial charge is 0.489 e. The maximum atomic E-state index is 13.4. The summed E-state index contributed by atoms with van der Waals surface area (Å²) >= 11 is 18.8. The lowest BCUT2D eigenvalue weighted by Gasteiger charge is -2.25. The minimum absolute atomic E-state index is 0.269. The number of esters is 1. The van der Waals surface area contributed by atoms with Crippen LogP contribution in [-0.2, 0) is 20.9 Å². The molecule has 37 heavy (non-hydrogen) atoms. The van der Waals surface area contributed by atoms with Gasteiger partial charge < -0.3 is 9.47 Å². The molecule has 1 heterocycles. The predicted octanol–water partition coefficient (Wildman–Crippen LogP) is 7.47. The minimum atomic E-state index is -0.943. The quantitative estimate of drug-likeness (QED) is 0.151. The summed E-state index contributed by atoms with van der Waals surface area (Å²) in [5.41, 5.74) is 2.26. The molecule has 5 nitrogen and oxygen atoms in total. The van der Waals surface area contributed by atoms with Gasteiger partial charge in [0.05, 0.1) is 11.5 Å². The van der Waals surface area contributed by atoms with E-state index in [-0.39, 0.29) is 12.5 Å². The number of thioether (sulfide) groups is 1. The predicted molar refractivity (Wildman–Crippen MR) is 153 cm³/mol. The van der Waals surface area contributed by atoms with Crippen LogP contribution in [0, 0.1) is 0 Å². The standard InChI is InChI=1S/C28H23Cl2NO4S2/c1-2-14-34-27(33)25(19-6-4-3-5-7-19)31-26(32)24(37-28(31)36)15-18-8-12-22(13-9-18)35-17-20-10-11-21(29)16-23(20)30/h3-13,15-16,25H,2,14,17H2,1H3/b24-15-. The normalized spacial score (nSPS) is 15.2. The maximum absolute atomic E-state index is 13.4. The summed E-state index contributed by atoms with van der Waals surface area (Å²) in [5, 5.41) is 1.11. The summed E-state index contributed by atoms with van der Waals surface area (Å²) in [4.78, 5) is 28.1. The lowest BCUT2D eigenvalue weighted by atomic mass is 10.1. The summed E-state index contributed by atoms with van der Waals surface area (Å²) in [7, 11) is 0. The molecule has 1 atom stereocenters. The van der Waals surface area contributed by atoms with Crippen LogP contribution < -0.4 is 4.74 Å². The molecule has 0 saturated carbocycles. The monoisotopic (exact) mass is 571 g/mol. The zero-order chi connectivity index (χ0) is 26.4. The van der Waals surface area contributed by atoms with Crippen molar-refractivity contribution in [2.24, 2.45) is 0 Å². The van der Waals surface area contributed by atoms with E-state index in [2.05, 4.69) is 0 Å². The zero-order valence-corrected chi connectivity index (χ0v) is 23.0. The number of rotatable bonds is 9. The molecule has 0 aromatic heterocycles.